The number of nitrogens with one attached hydrogen (secondary N) is 1. The van der Waals surface area contributed by atoms with Crippen LogP contribution in [0.25, 0.3) is 0 Å². The fraction of sp³-hybridized carbons (Fsp3) is 0.350. The number of amides is 1. The highest BCUT2D eigenvalue weighted by atomic mass is 16.5. The molecular weight excluding hydrogens is 302 g/mol. The molecule has 4 nitrogen and oxygen atoms in total. The van der Waals surface area contributed by atoms with Crippen molar-refractivity contribution in [1.82, 2.24) is 5.32 Å². The van der Waals surface area contributed by atoms with Gasteiger partial charge in [-0.05, 0) is 44.0 Å². The molecule has 24 heavy (non-hydrogen) atoms. The van der Waals surface area contributed by atoms with Crippen molar-refractivity contribution in [2.24, 2.45) is 0 Å². The van der Waals surface area contributed by atoms with Gasteiger partial charge < -0.3 is 14.8 Å². The van der Waals surface area contributed by atoms with Crippen LogP contribution in [0.15, 0.2) is 42.5 Å². The number of hydrogen-bond donors (Lipinski definition) is 1. The first kappa shape index (κ1) is 17.9. The molecule has 0 spiro atoms. The van der Waals surface area contributed by atoms with Crippen molar-refractivity contribution in [2.45, 2.75) is 27.2 Å². The molecule has 0 saturated heterocycles. The van der Waals surface area contributed by atoms with Crippen molar-refractivity contribution in [3.8, 4) is 11.5 Å². The smallest absolute Gasteiger partial charge is 0.255 e. The minimum absolute atomic E-state index is 0.104. The summed E-state index contributed by atoms with van der Waals surface area (Å²) in [5.74, 6) is 1.45. The number of carbonyl (C=O) groups excluding carboxylic acids is 1. The number of rotatable bonds is 8. The van der Waals surface area contributed by atoms with Crippen LogP contribution < -0.4 is 14.8 Å². The first-order valence-corrected chi connectivity index (χ1v) is 8.32. The molecule has 0 aliphatic carbocycles. The Hall–Kier alpha value is -2.49. The highest BCUT2D eigenvalue weighted by Crippen LogP contribution is 2.23. The van der Waals surface area contributed by atoms with Crippen molar-refractivity contribution in [3.63, 3.8) is 0 Å². The summed E-state index contributed by atoms with van der Waals surface area (Å²) in [4.78, 5) is 12.1. The molecule has 0 atom stereocenters. The Bertz CT molecular complexity index is 682. The number of ether oxygens (including phenoxy) is 2. The van der Waals surface area contributed by atoms with Gasteiger partial charge in [0.1, 0.15) is 11.5 Å². The van der Waals surface area contributed by atoms with Gasteiger partial charge in [0.05, 0.1) is 18.8 Å². The zero-order chi connectivity index (χ0) is 17.4. The molecule has 0 heterocycles. The van der Waals surface area contributed by atoms with Crippen molar-refractivity contribution < 1.29 is 14.3 Å². The quantitative estimate of drug-likeness (QED) is 0.748. The second-order valence-corrected chi connectivity index (χ2v) is 5.63. The van der Waals surface area contributed by atoms with Crippen LogP contribution in [-0.2, 0) is 0 Å². The van der Waals surface area contributed by atoms with Crippen LogP contribution >= 0.6 is 0 Å². The molecule has 2 aromatic rings. The van der Waals surface area contributed by atoms with Gasteiger partial charge in [0.25, 0.3) is 5.91 Å². The number of carbonyl (C=O) groups is 1. The van der Waals surface area contributed by atoms with Crippen LogP contribution in [0.5, 0.6) is 11.5 Å². The third kappa shape index (κ3) is 4.75. The van der Waals surface area contributed by atoms with Gasteiger partial charge in [0, 0.05) is 13.0 Å². The average Bonchev–Trinajstić information content (AvgIpc) is 2.57. The largest absolute Gasteiger partial charge is 0.493 e. The van der Waals surface area contributed by atoms with Crippen LogP contribution in [0.2, 0.25) is 0 Å². The summed E-state index contributed by atoms with van der Waals surface area (Å²) in [7, 11) is 0. The topological polar surface area (TPSA) is 47.6 Å². The van der Waals surface area contributed by atoms with Gasteiger partial charge in [-0.3, -0.25) is 4.79 Å². The fourth-order valence-electron chi connectivity index (χ4n) is 2.41. The molecule has 1 N–H and O–H groups in total. The summed E-state index contributed by atoms with van der Waals surface area (Å²) < 4.78 is 11.6. The van der Waals surface area contributed by atoms with Gasteiger partial charge >= 0.3 is 0 Å². The fourth-order valence-corrected chi connectivity index (χ4v) is 2.41. The first-order valence-electron chi connectivity index (χ1n) is 8.32. The molecule has 4 heteroatoms. The summed E-state index contributed by atoms with van der Waals surface area (Å²) in [5, 5.41) is 2.82. The van der Waals surface area contributed by atoms with Crippen LogP contribution in [0.4, 0.5) is 0 Å². The standard InChI is InChI=1S/C20H25NO3/c1-4-21-20(22)17-11-7-10-16(3)19(17)24-14-8-13-23-18-12-6-5-9-15(18)2/h5-7,9-12H,4,8,13-14H2,1-3H3,(H,21,22). The van der Waals surface area contributed by atoms with E-state index in [2.05, 4.69) is 5.32 Å². The minimum Gasteiger partial charge on any atom is -0.493 e. The van der Waals surface area contributed by atoms with Crippen molar-refractivity contribution >= 4 is 5.91 Å². The molecule has 0 fully saturated rings. The number of aryl methyl sites for hydroxylation is 2. The lowest BCUT2D eigenvalue weighted by atomic mass is 10.1. The predicted molar refractivity (Wildman–Crippen MR) is 96.0 cm³/mol. The molecule has 2 aromatic carbocycles. The van der Waals surface area contributed by atoms with Gasteiger partial charge in [-0.15, -0.1) is 0 Å². The van der Waals surface area contributed by atoms with E-state index in [1.165, 1.54) is 0 Å². The highest BCUT2D eigenvalue weighted by molar-refractivity contribution is 5.97. The van der Waals surface area contributed by atoms with E-state index >= 15 is 0 Å². The molecule has 2 rings (SSSR count). The van der Waals surface area contributed by atoms with Crippen LogP contribution in [0.1, 0.15) is 34.8 Å². The SMILES string of the molecule is CCNC(=O)c1cccc(C)c1OCCCOc1ccccc1C. The molecular formula is C20H25NO3. The summed E-state index contributed by atoms with van der Waals surface area (Å²) in [6.45, 7) is 7.55. The Balaban J connectivity index is 1.88. The minimum atomic E-state index is -0.104. The second-order valence-electron chi connectivity index (χ2n) is 5.63. The Morgan fingerprint density at radius 2 is 1.67 bits per heavy atom. The molecule has 0 saturated carbocycles. The van der Waals surface area contributed by atoms with E-state index < -0.39 is 0 Å². The van der Waals surface area contributed by atoms with Crippen LogP contribution in [0, 0.1) is 13.8 Å². The second kappa shape index (κ2) is 8.96. The molecule has 0 aromatic heterocycles. The van der Waals surface area contributed by atoms with Gasteiger partial charge in [-0.1, -0.05) is 30.3 Å². The monoisotopic (exact) mass is 327 g/mol. The van der Waals surface area contributed by atoms with Gasteiger partial charge in [0.15, 0.2) is 0 Å². The Labute approximate surface area is 143 Å². The van der Waals surface area contributed by atoms with E-state index in [-0.39, 0.29) is 5.91 Å². The van der Waals surface area contributed by atoms with Crippen molar-refractivity contribution in [2.75, 3.05) is 19.8 Å². The molecule has 0 aliphatic heterocycles. The maximum absolute atomic E-state index is 12.1. The molecule has 0 unspecified atom stereocenters. The number of benzene rings is 2. The van der Waals surface area contributed by atoms with E-state index in [1.54, 1.807) is 6.07 Å². The zero-order valence-electron chi connectivity index (χ0n) is 14.6. The van der Waals surface area contributed by atoms with E-state index in [4.69, 9.17) is 9.47 Å². The Kier molecular flexibility index (Phi) is 6.67. The molecule has 0 aliphatic rings. The molecule has 1 amide bonds. The molecule has 128 valence electrons. The van der Waals surface area contributed by atoms with Crippen LogP contribution in [0.3, 0.4) is 0 Å². The van der Waals surface area contributed by atoms with Crippen molar-refractivity contribution in [3.05, 3.63) is 59.2 Å². The maximum atomic E-state index is 12.1. The normalized spacial score (nSPS) is 10.3. The predicted octanol–water partition coefficient (Wildman–Crippen LogP) is 3.90. The maximum Gasteiger partial charge on any atom is 0.255 e. The average molecular weight is 327 g/mol. The summed E-state index contributed by atoms with van der Waals surface area (Å²) >= 11 is 0. The Morgan fingerprint density at radius 1 is 0.958 bits per heavy atom. The van der Waals surface area contributed by atoms with Gasteiger partial charge in [-0.2, -0.15) is 0 Å². The van der Waals surface area contributed by atoms with Crippen LogP contribution in [-0.4, -0.2) is 25.7 Å². The first-order chi connectivity index (χ1) is 11.6. The summed E-state index contributed by atoms with van der Waals surface area (Å²) in [6.07, 6.45) is 0.748. The summed E-state index contributed by atoms with van der Waals surface area (Å²) in [6, 6.07) is 13.5. The molecule has 0 radical (unpaired) electrons. The summed E-state index contributed by atoms with van der Waals surface area (Å²) in [5.41, 5.74) is 2.66. The van der Waals surface area contributed by atoms with Crippen molar-refractivity contribution in [1.29, 1.82) is 0 Å². The number of hydrogen-bond acceptors (Lipinski definition) is 3. The van der Waals surface area contributed by atoms with Gasteiger partial charge in [-0.25, -0.2) is 0 Å². The lowest BCUT2D eigenvalue weighted by Crippen LogP contribution is -2.23. The lowest BCUT2D eigenvalue weighted by Gasteiger charge is -2.14. The number of para-hydroxylation sites is 2. The van der Waals surface area contributed by atoms with Gasteiger partial charge in [0.2, 0.25) is 0 Å². The highest BCUT2D eigenvalue weighted by Gasteiger charge is 2.13. The third-order valence-electron chi connectivity index (χ3n) is 3.68. The van der Waals surface area contributed by atoms with E-state index in [9.17, 15) is 4.79 Å². The van der Waals surface area contributed by atoms with E-state index in [0.717, 1.165) is 23.3 Å². The third-order valence-corrected chi connectivity index (χ3v) is 3.68. The Morgan fingerprint density at radius 3 is 2.42 bits per heavy atom. The lowest BCUT2D eigenvalue weighted by molar-refractivity contribution is 0.0951. The van der Waals surface area contributed by atoms with E-state index in [0.29, 0.717) is 31.1 Å². The molecule has 0 bridgehead atoms. The zero-order valence-corrected chi connectivity index (χ0v) is 14.6. The van der Waals surface area contributed by atoms with E-state index in [1.807, 2.05) is 57.2 Å².